The summed E-state index contributed by atoms with van der Waals surface area (Å²) in [7, 11) is 1.65. The van der Waals surface area contributed by atoms with Crippen molar-refractivity contribution in [3.63, 3.8) is 0 Å². The van der Waals surface area contributed by atoms with Gasteiger partial charge in [-0.25, -0.2) is 4.79 Å². The van der Waals surface area contributed by atoms with Crippen molar-refractivity contribution in [1.29, 1.82) is 0 Å². The molecule has 2 bridgehead atoms. The van der Waals surface area contributed by atoms with Crippen LogP contribution in [-0.4, -0.2) is 52.4 Å². The number of carbonyl (C=O) groups is 2. The van der Waals surface area contributed by atoms with Gasteiger partial charge in [0, 0.05) is 29.9 Å². The van der Waals surface area contributed by atoms with E-state index in [1.54, 1.807) is 12.0 Å². The number of benzene rings is 2. The van der Waals surface area contributed by atoms with Gasteiger partial charge >= 0.3 is 6.03 Å². The molecule has 3 aliphatic rings. The summed E-state index contributed by atoms with van der Waals surface area (Å²) in [5, 5.41) is 13.7. The van der Waals surface area contributed by atoms with Crippen LogP contribution in [0.15, 0.2) is 42.5 Å². The molecule has 2 aromatic carbocycles. The second-order valence-electron chi connectivity index (χ2n) is 8.41. The largest absolute Gasteiger partial charge is 0.496 e. The number of nitrogens with one attached hydrogen (secondary N) is 1. The van der Waals surface area contributed by atoms with E-state index < -0.39 is 11.0 Å². The smallest absolute Gasteiger partial charge is 0.322 e. The number of piperidine rings is 1. The Kier molecular flexibility index (Phi) is 4.96. The molecule has 2 aromatic rings. The minimum atomic E-state index is -0.491. The first-order chi connectivity index (χ1) is 15.5. The maximum atomic E-state index is 13.4. The zero-order chi connectivity index (χ0) is 22.4. The molecule has 9 heteroatoms. The molecule has 0 radical (unpaired) electrons. The van der Waals surface area contributed by atoms with E-state index in [2.05, 4.69) is 5.32 Å². The molecule has 2 fully saturated rings. The van der Waals surface area contributed by atoms with Crippen LogP contribution in [0.5, 0.6) is 5.75 Å². The molecule has 3 unspecified atom stereocenters. The van der Waals surface area contributed by atoms with Crippen LogP contribution < -0.4 is 10.1 Å². The van der Waals surface area contributed by atoms with Crippen LogP contribution in [0, 0.1) is 10.1 Å². The summed E-state index contributed by atoms with van der Waals surface area (Å²) in [6, 6.07) is 10.4. The van der Waals surface area contributed by atoms with Gasteiger partial charge < -0.3 is 19.9 Å². The summed E-state index contributed by atoms with van der Waals surface area (Å²) in [5.74, 6) is 0.799. The molecule has 3 aliphatic heterocycles. The van der Waals surface area contributed by atoms with Crippen molar-refractivity contribution in [2.24, 2.45) is 0 Å². The lowest BCUT2D eigenvalue weighted by atomic mass is 9.78. The number of hydrogen-bond donors (Lipinski definition) is 1. The fourth-order valence-electron chi connectivity index (χ4n) is 5.44. The Hall–Kier alpha value is -3.62. The lowest BCUT2D eigenvalue weighted by Gasteiger charge is -2.55. The summed E-state index contributed by atoms with van der Waals surface area (Å²) in [4.78, 5) is 40.8. The Morgan fingerprint density at radius 1 is 1.19 bits per heavy atom. The van der Waals surface area contributed by atoms with E-state index in [0.717, 1.165) is 36.1 Å². The lowest BCUT2D eigenvalue weighted by Crippen LogP contribution is -2.67. The molecule has 0 aliphatic carbocycles. The average Bonchev–Trinajstić information content (AvgIpc) is 2.81. The van der Waals surface area contributed by atoms with Crippen molar-refractivity contribution in [2.45, 2.75) is 43.8 Å². The lowest BCUT2D eigenvalue weighted by molar-refractivity contribution is -0.384. The van der Waals surface area contributed by atoms with Gasteiger partial charge in [-0.1, -0.05) is 12.1 Å². The normalized spacial score (nSPS) is 23.8. The first-order valence-corrected chi connectivity index (χ1v) is 10.8. The number of rotatable bonds is 3. The van der Waals surface area contributed by atoms with Crippen LogP contribution in [-0.2, 0) is 11.2 Å². The zero-order valence-corrected chi connectivity index (χ0v) is 17.7. The number of amides is 3. The topological polar surface area (TPSA) is 105 Å². The average molecular weight is 436 g/mol. The minimum Gasteiger partial charge on any atom is -0.496 e. The molecule has 32 heavy (non-hydrogen) atoms. The molecule has 0 aromatic heterocycles. The molecule has 3 amide bonds. The summed E-state index contributed by atoms with van der Waals surface area (Å²) < 4.78 is 5.56. The monoisotopic (exact) mass is 436 g/mol. The Labute approximate surface area is 185 Å². The zero-order valence-electron chi connectivity index (χ0n) is 17.7. The Morgan fingerprint density at radius 2 is 1.97 bits per heavy atom. The van der Waals surface area contributed by atoms with Crippen molar-refractivity contribution >= 4 is 23.3 Å². The highest BCUT2D eigenvalue weighted by Crippen LogP contribution is 2.46. The second-order valence-corrected chi connectivity index (χ2v) is 8.41. The van der Waals surface area contributed by atoms with Gasteiger partial charge in [0.15, 0.2) is 0 Å². The number of nitro groups is 1. The molecular weight excluding hydrogens is 412 g/mol. The number of methoxy groups -OCH3 is 1. The highest BCUT2D eigenvalue weighted by atomic mass is 16.6. The highest BCUT2D eigenvalue weighted by Gasteiger charge is 2.52. The molecule has 5 rings (SSSR count). The number of non-ortho nitro benzene ring substituents is 1. The van der Waals surface area contributed by atoms with Gasteiger partial charge in [0.05, 0.1) is 24.1 Å². The number of fused-ring (bicyclic) bond motifs is 6. The molecule has 0 saturated carbocycles. The molecule has 0 spiro atoms. The maximum Gasteiger partial charge on any atom is 0.322 e. The minimum absolute atomic E-state index is 0.0155. The first-order valence-electron chi connectivity index (χ1n) is 10.8. The van der Waals surface area contributed by atoms with Gasteiger partial charge in [0.25, 0.3) is 5.69 Å². The summed E-state index contributed by atoms with van der Waals surface area (Å²) in [6.07, 6.45) is 3.05. The fourth-order valence-corrected chi connectivity index (χ4v) is 5.44. The standard InChI is InChI=1S/C23H24N4O5/c1-32-20-7-2-4-17-16(20)12-13-25-21(17)18-5-3-6-19(22(25)28)26(18)23(29)24-14-8-10-15(11-9-14)27(30)31/h2,4,7-11,18-19,21H,3,5-6,12-13H2,1H3,(H,24,29). The van der Waals surface area contributed by atoms with E-state index in [4.69, 9.17) is 4.74 Å². The number of ether oxygens (including phenoxy) is 1. The fraction of sp³-hybridized carbons (Fsp3) is 0.391. The van der Waals surface area contributed by atoms with Crippen molar-refractivity contribution in [3.8, 4) is 5.75 Å². The SMILES string of the molecule is COc1cccc2c1CCN1C(=O)C3CCCC(C21)N3C(=O)Nc1ccc([N+](=O)[O-])cc1. The van der Waals surface area contributed by atoms with E-state index in [0.29, 0.717) is 18.7 Å². The number of urea groups is 1. The van der Waals surface area contributed by atoms with Crippen molar-refractivity contribution in [1.82, 2.24) is 9.80 Å². The molecule has 3 atom stereocenters. The Morgan fingerprint density at radius 3 is 2.69 bits per heavy atom. The van der Waals surface area contributed by atoms with Gasteiger partial charge in [-0.3, -0.25) is 14.9 Å². The number of nitrogens with zero attached hydrogens (tertiary/aromatic N) is 3. The van der Waals surface area contributed by atoms with Gasteiger partial charge in [-0.05, 0) is 49.4 Å². The third kappa shape index (κ3) is 3.16. The van der Waals surface area contributed by atoms with Crippen LogP contribution in [0.4, 0.5) is 16.2 Å². The van der Waals surface area contributed by atoms with Crippen LogP contribution in [0.25, 0.3) is 0 Å². The van der Waals surface area contributed by atoms with Gasteiger partial charge in [0.2, 0.25) is 5.91 Å². The van der Waals surface area contributed by atoms with Gasteiger partial charge in [-0.15, -0.1) is 0 Å². The van der Waals surface area contributed by atoms with Gasteiger partial charge in [0.1, 0.15) is 11.8 Å². The molecule has 2 saturated heterocycles. The first kappa shape index (κ1) is 20.3. The predicted octanol–water partition coefficient (Wildman–Crippen LogP) is 3.50. The van der Waals surface area contributed by atoms with Crippen molar-refractivity contribution in [3.05, 3.63) is 63.7 Å². The molecule has 166 valence electrons. The van der Waals surface area contributed by atoms with E-state index in [9.17, 15) is 19.7 Å². The molecule has 1 N–H and O–H groups in total. The second kappa shape index (κ2) is 7.81. The van der Waals surface area contributed by atoms with E-state index in [1.807, 2.05) is 23.1 Å². The quantitative estimate of drug-likeness (QED) is 0.586. The number of piperazine rings is 1. The maximum absolute atomic E-state index is 13.4. The van der Waals surface area contributed by atoms with Crippen LogP contribution in [0.1, 0.15) is 36.4 Å². The van der Waals surface area contributed by atoms with Gasteiger partial charge in [-0.2, -0.15) is 0 Å². The number of carbonyl (C=O) groups excluding carboxylic acids is 2. The summed E-state index contributed by atoms with van der Waals surface area (Å²) >= 11 is 0. The molecule has 3 heterocycles. The van der Waals surface area contributed by atoms with Crippen molar-refractivity contribution < 1.29 is 19.2 Å². The summed E-state index contributed by atoms with van der Waals surface area (Å²) in [5.41, 5.74) is 2.56. The summed E-state index contributed by atoms with van der Waals surface area (Å²) in [6.45, 7) is 0.613. The van der Waals surface area contributed by atoms with E-state index in [-0.39, 0.29) is 29.7 Å². The van der Waals surface area contributed by atoms with Crippen molar-refractivity contribution in [2.75, 3.05) is 19.0 Å². The van der Waals surface area contributed by atoms with Crippen LogP contribution in [0.2, 0.25) is 0 Å². The third-order valence-corrected chi connectivity index (χ3v) is 6.81. The van der Waals surface area contributed by atoms with E-state index in [1.165, 1.54) is 24.3 Å². The Balaban J connectivity index is 1.47. The Bertz CT molecular complexity index is 1090. The third-order valence-electron chi connectivity index (χ3n) is 6.81. The highest BCUT2D eigenvalue weighted by molar-refractivity contribution is 5.95. The number of hydrogen-bond acceptors (Lipinski definition) is 5. The number of nitro benzene ring substituents is 1. The molecule has 9 nitrogen and oxygen atoms in total. The van der Waals surface area contributed by atoms with E-state index >= 15 is 0 Å². The van der Waals surface area contributed by atoms with Crippen LogP contribution in [0.3, 0.4) is 0 Å². The number of anilines is 1. The molecular formula is C23H24N4O5. The van der Waals surface area contributed by atoms with Crippen LogP contribution >= 0.6 is 0 Å². The predicted molar refractivity (Wildman–Crippen MR) is 117 cm³/mol.